The van der Waals surface area contributed by atoms with Crippen molar-refractivity contribution in [3.05, 3.63) is 28.2 Å². The minimum absolute atomic E-state index is 0. The highest BCUT2D eigenvalue weighted by atomic mass is 79.9. The highest BCUT2D eigenvalue weighted by Gasteiger charge is 2.21. The Kier molecular flexibility index (Phi) is 4.23. The minimum Gasteiger partial charge on any atom is -0.496 e. The van der Waals surface area contributed by atoms with Crippen LogP contribution in [0.5, 0.6) is 5.75 Å². The molecule has 0 saturated carbocycles. The van der Waals surface area contributed by atoms with Gasteiger partial charge in [-0.25, -0.2) is 0 Å². The Bertz CT molecular complexity index is 315. The van der Waals surface area contributed by atoms with E-state index in [1.165, 1.54) is 12.0 Å². The third-order valence-electron chi connectivity index (χ3n) is 2.39. The average Bonchev–Trinajstić information content (AvgIpc) is 2.05. The number of hydrogen-bond donors (Lipinski definition) is 1. The van der Waals surface area contributed by atoms with Gasteiger partial charge in [0.1, 0.15) is 5.75 Å². The number of nitrogens with one attached hydrogen (secondary N) is 1. The van der Waals surface area contributed by atoms with Crippen LogP contribution in [0.4, 0.5) is 0 Å². The minimum atomic E-state index is 0. The molecule has 0 radical (unpaired) electrons. The van der Waals surface area contributed by atoms with Gasteiger partial charge in [0.25, 0.3) is 0 Å². The van der Waals surface area contributed by atoms with Crippen molar-refractivity contribution in [2.45, 2.75) is 12.5 Å². The summed E-state index contributed by atoms with van der Waals surface area (Å²) in [5.74, 6) is 0.964. The summed E-state index contributed by atoms with van der Waals surface area (Å²) in [5, 5.41) is 3.36. The van der Waals surface area contributed by atoms with Gasteiger partial charge in [-0.2, -0.15) is 0 Å². The number of hydrogen-bond acceptors (Lipinski definition) is 2. The van der Waals surface area contributed by atoms with Gasteiger partial charge in [-0.3, -0.25) is 0 Å². The fraction of sp³-hybridized carbons (Fsp3) is 0.400. The third-order valence-corrected chi connectivity index (χ3v) is 2.89. The molecular formula is C10H13BrClNO. The SMILES string of the molecule is COc1cc(Br)ccc1[C@@H]1CCN1.Cl. The van der Waals surface area contributed by atoms with E-state index >= 15 is 0 Å². The largest absolute Gasteiger partial charge is 0.496 e. The first-order valence-electron chi connectivity index (χ1n) is 4.38. The van der Waals surface area contributed by atoms with Crippen LogP contribution in [0.1, 0.15) is 18.0 Å². The maximum atomic E-state index is 5.31. The lowest BCUT2D eigenvalue weighted by molar-refractivity contribution is 0.353. The van der Waals surface area contributed by atoms with E-state index in [4.69, 9.17) is 4.74 Å². The molecule has 1 fully saturated rings. The summed E-state index contributed by atoms with van der Waals surface area (Å²) >= 11 is 3.43. The lowest BCUT2D eigenvalue weighted by atomic mass is 9.97. The summed E-state index contributed by atoms with van der Waals surface area (Å²) in [6.45, 7) is 1.11. The molecule has 0 amide bonds. The molecule has 1 aromatic rings. The van der Waals surface area contributed by atoms with Gasteiger partial charge in [-0.1, -0.05) is 22.0 Å². The molecule has 0 bridgehead atoms. The van der Waals surface area contributed by atoms with E-state index in [0.717, 1.165) is 16.8 Å². The standard InChI is InChI=1S/C10H12BrNO.ClH/c1-13-10-6-7(11)2-3-8(10)9-4-5-12-9;/h2-3,6,9,12H,4-5H2,1H3;1H/t9-;/m0./s1. The molecule has 14 heavy (non-hydrogen) atoms. The third kappa shape index (κ3) is 2.22. The van der Waals surface area contributed by atoms with Crippen molar-refractivity contribution >= 4 is 28.3 Å². The normalized spacial score (nSPS) is 19.4. The van der Waals surface area contributed by atoms with Gasteiger partial charge in [0, 0.05) is 16.1 Å². The van der Waals surface area contributed by atoms with Crippen LogP contribution < -0.4 is 10.1 Å². The zero-order valence-electron chi connectivity index (χ0n) is 7.92. The van der Waals surface area contributed by atoms with Crippen molar-refractivity contribution < 1.29 is 4.74 Å². The first-order chi connectivity index (χ1) is 6.31. The van der Waals surface area contributed by atoms with Crippen LogP contribution in [-0.4, -0.2) is 13.7 Å². The molecule has 0 spiro atoms. The Morgan fingerprint density at radius 1 is 1.50 bits per heavy atom. The summed E-state index contributed by atoms with van der Waals surface area (Å²) in [6, 6.07) is 6.66. The topological polar surface area (TPSA) is 21.3 Å². The van der Waals surface area contributed by atoms with E-state index in [1.807, 2.05) is 6.07 Å². The van der Waals surface area contributed by atoms with Gasteiger partial charge in [-0.05, 0) is 25.1 Å². The number of ether oxygens (including phenoxy) is 1. The van der Waals surface area contributed by atoms with Gasteiger partial charge in [0.05, 0.1) is 7.11 Å². The van der Waals surface area contributed by atoms with Crippen molar-refractivity contribution in [1.82, 2.24) is 5.32 Å². The summed E-state index contributed by atoms with van der Waals surface area (Å²) in [6.07, 6.45) is 1.21. The van der Waals surface area contributed by atoms with Crippen LogP contribution >= 0.6 is 28.3 Å². The molecule has 1 aliphatic heterocycles. The molecule has 2 rings (SSSR count). The second-order valence-corrected chi connectivity index (χ2v) is 4.10. The van der Waals surface area contributed by atoms with Gasteiger partial charge < -0.3 is 10.1 Å². The van der Waals surface area contributed by atoms with E-state index < -0.39 is 0 Å². The number of methoxy groups -OCH3 is 1. The molecule has 1 heterocycles. The van der Waals surface area contributed by atoms with Gasteiger partial charge in [-0.15, -0.1) is 12.4 Å². The fourth-order valence-corrected chi connectivity index (χ4v) is 1.87. The molecule has 2 nitrogen and oxygen atoms in total. The van der Waals surface area contributed by atoms with Crippen LogP contribution in [0.2, 0.25) is 0 Å². The predicted octanol–water partition coefficient (Wildman–Crippen LogP) is 2.91. The molecule has 1 aliphatic rings. The molecular weight excluding hydrogens is 265 g/mol. The van der Waals surface area contributed by atoms with E-state index in [1.54, 1.807) is 7.11 Å². The predicted molar refractivity (Wildman–Crippen MR) is 63.3 cm³/mol. The summed E-state index contributed by atoms with van der Waals surface area (Å²) in [7, 11) is 1.71. The van der Waals surface area contributed by atoms with Crippen molar-refractivity contribution in [2.75, 3.05) is 13.7 Å². The fourth-order valence-electron chi connectivity index (χ4n) is 1.53. The maximum absolute atomic E-state index is 5.31. The van der Waals surface area contributed by atoms with Gasteiger partial charge in [0.2, 0.25) is 0 Å². The highest BCUT2D eigenvalue weighted by molar-refractivity contribution is 9.10. The zero-order valence-corrected chi connectivity index (χ0v) is 10.3. The molecule has 1 atom stereocenters. The number of benzene rings is 1. The lowest BCUT2D eigenvalue weighted by Gasteiger charge is -2.29. The summed E-state index contributed by atoms with van der Waals surface area (Å²) in [5.41, 5.74) is 1.26. The highest BCUT2D eigenvalue weighted by Crippen LogP contribution is 2.32. The number of rotatable bonds is 2. The van der Waals surface area contributed by atoms with E-state index in [0.29, 0.717) is 6.04 Å². The first kappa shape index (κ1) is 11.8. The molecule has 1 saturated heterocycles. The molecule has 1 N–H and O–H groups in total. The van der Waals surface area contributed by atoms with Crippen LogP contribution in [0, 0.1) is 0 Å². The Hall–Kier alpha value is -0.250. The van der Waals surface area contributed by atoms with Gasteiger partial charge >= 0.3 is 0 Å². The van der Waals surface area contributed by atoms with E-state index in [-0.39, 0.29) is 12.4 Å². The monoisotopic (exact) mass is 277 g/mol. The van der Waals surface area contributed by atoms with Crippen LogP contribution in [0.25, 0.3) is 0 Å². The maximum Gasteiger partial charge on any atom is 0.124 e. The molecule has 0 aliphatic carbocycles. The summed E-state index contributed by atoms with van der Waals surface area (Å²) < 4.78 is 6.38. The van der Waals surface area contributed by atoms with Crippen molar-refractivity contribution in [1.29, 1.82) is 0 Å². The Morgan fingerprint density at radius 3 is 2.71 bits per heavy atom. The molecule has 4 heteroatoms. The Labute approximate surface area is 98.6 Å². The smallest absolute Gasteiger partial charge is 0.124 e. The average molecular weight is 279 g/mol. The first-order valence-corrected chi connectivity index (χ1v) is 5.17. The Morgan fingerprint density at radius 2 is 2.21 bits per heavy atom. The van der Waals surface area contributed by atoms with Crippen molar-refractivity contribution in [3.63, 3.8) is 0 Å². The van der Waals surface area contributed by atoms with Crippen LogP contribution in [0.15, 0.2) is 22.7 Å². The quantitative estimate of drug-likeness (QED) is 0.898. The lowest BCUT2D eigenvalue weighted by Crippen LogP contribution is -2.35. The summed E-state index contributed by atoms with van der Waals surface area (Å²) in [4.78, 5) is 0. The molecule has 1 aromatic carbocycles. The van der Waals surface area contributed by atoms with E-state index in [2.05, 4.69) is 33.4 Å². The Balaban J connectivity index is 0.000000980. The molecule has 0 aromatic heterocycles. The van der Waals surface area contributed by atoms with Crippen LogP contribution in [-0.2, 0) is 0 Å². The zero-order chi connectivity index (χ0) is 9.26. The van der Waals surface area contributed by atoms with Crippen molar-refractivity contribution in [3.8, 4) is 5.75 Å². The molecule has 78 valence electrons. The van der Waals surface area contributed by atoms with Crippen LogP contribution in [0.3, 0.4) is 0 Å². The van der Waals surface area contributed by atoms with E-state index in [9.17, 15) is 0 Å². The van der Waals surface area contributed by atoms with Crippen molar-refractivity contribution in [2.24, 2.45) is 0 Å². The van der Waals surface area contributed by atoms with Gasteiger partial charge in [0.15, 0.2) is 0 Å². The molecule has 0 unspecified atom stereocenters. The second-order valence-electron chi connectivity index (χ2n) is 3.18. The second kappa shape index (κ2) is 5.01. The number of halogens is 2.